The SMILES string of the molecule is CO.O=CCN(CCO)CCN(CC(=O)O)CC(=O)O. The lowest BCUT2D eigenvalue weighted by atomic mass is 10.4. The number of aliphatic hydroxyl groups is 2. The Bertz CT molecular complexity index is 270. The molecule has 20 heavy (non-hydrogen) atoms. The van der Waals surface area contributed by atoms with Gasteiger partial charge >= 0.3 is 11.9 Å². The van der Waals surface area contributed by atoms with Crippen LogP contribution in [0.15, 0.2) is 0 Å². The molecule has 0 aliphatic heterocycles. The van der Waals surface area contributed by atoms with Gasteiger partial charge in [0, 0.05) is 26.7 Å². The van der Waals surface area contributed by atoms with Gasteiger partial charge in [-0.25, -0.2) is 0 Å². The normalized spacial score (nSPS) is 10.1. The van der Waals surface area contributed by atoms with Crippen LogP contribution in [0.25, 0.3) is 0 Å². The summed E-state index contributed by atoms with van der Waals surface area (Å²) in [5, 5.41) is 33.0. The third-order valence-corrected chi connectivity index (χ3v) is 2.20. The Labute approximate surface area is 117 Å². The van der Waals surface area contributed by atoms with Crippen molar-refractivity contribution in [3.63, 3.8) is 0 Å². The minimum absolute atomic E-state index is 0.119. The van der Waals surface area contributed by atoms with Crippen molar-refractivity contribution in [2.75, 3.05) is 53.0 Å². The van der Waals surface area contributed by atoms with Crippen LogP contribution < -0.4 is 0 Å². The zero-order chi connectivity index (χ0) is 16.0. The summed E-state index contributed by atoms with van der Waals surface area (Å²) in [5.41, 5.74) is 0. The number of carboxylic acid groups (broad SMARTS) is 2. The molecule has 0 aromatic carbocycles. The minimum Gasteiger partial charge on any atom is -0.480 e. The smallest absolute Gasteiger partial charge is 0.317 e. The van der Waals surface area contributed by atoms with Gasteiger partial charge in [0.2, 0.25) is 0 Å². The first kappa shape index (κ1) is 20.8. The molecule has 0 aromatic rings. The average Bonchev–Trinajstić information content (AvgIpc) is 2.37. The van der Waals surface area contributed by atoms with E-state index in [2.05, 4.69) is 0 Å². The van der Waals surface area contributed by atoms with E-state index in [1.165, 1.54) is 4.90 Å². The average molecular weight is 294 g/mol. The molecule has 0 unspecified atom stereocenters. The zero-order valence-electron chi connectivity index (χ0n) is 11.4. The molecular formula is C11H22N2O7. The standard InChI is InChI=1S/C10H18N2O6.CH4O/c13-5-3-11(4-6-14)1-2-12(7-9(15)16)8-10(17)18;1-2/h5,14H,1-4,6-8H2,(H,15,16)(H,17,18);2H,1H3. The van der Waals surface area contributed by atoms with Crippen molar-refractivity contribution in [1.82, 2.24) is 9.80 Å². The van der Waals surface area contributed by atoms with Crippen LogP contribution in [0.3, 0.4) is 0 Å². The topological polar surface area (TPSA) is 139 Å². The molecule has 0 spiro atoms. The summed E-state index contributed by atoms with van der Waals surface area (Å²) < 4.78 is 0. The maximum atomic E-state index is 10.5. The number of aldehydes is 1. The highest BCUT2D eigenvalue weighted by atomic mass is 16.4. The van der Waals surface area contributed by atoms with Gasteiger partial charge in [-0.05, 0) is 0 Å². The first-order chi connectivity index (χ1) is 9.49. The van der Waals surface area contributed by atoms with Crippen LogP contribution in [0.5, 0.6) is 0 Å². The Morgan fingerprint density at radius 3 is 1.75 bits per heavy atom. The molecule has 0 saturated carbocycles. The van der Waals surface area contributed by atoms with Crippen LogP contribution in [0.1, 0.15) is 0 Å². The Hall–Kier alpha value is -1.55. The lowest BCUT2D eigenvalue weighted by Crippen LogP contribution is -2.41. The molecule has 0 atom stereocenters. The summed E-state index contributed by atoms with van der Waals surface area (Å²) in [7, 11) is 1.00. The van der Waals surface area contributed by atoms with Gasteiger partial charge in [0.1, 0.15) is 6.29 Å². The predicted molar refractivity (Wildman–Crippen MR) is 69.4 cm³/mol. The second kappa shape index (κ2) is 13.9. The molecule has 0 heterocycles. The summed E-state index contributed by atoms with van der Waals surface area (Å²) >= 11 is 0. The van der Waals surface area contributed by atoms with Crippen LogP contribution in [-0.2, 0) is 14.4 Å². The molecule has 0 saturated heterocycles. The number of carbonyl (C=O) groups is 3. The van der Waals surface area contributed by atoms with Crippen molar-refractivity contribution in [1.29, 1.82) is 0 Å². The summed E-state index contributed by atoms with van der Waals surface area (Å²) in [6, 6.07) is 0. The molecular weight excluding hydrogens is 272 g/mol. The monoisotopic (exact) mass is 294 g/mol. The molecule has 118 valence electrons. The summed E-state index contributed by atoms with van der Waals surface area (Å²) in [6.07, 6.45) is 0.675. The summed E-state index contributed by atoms with van der Waals surface area (Å²) in [5.74, 6) is -2.22. The highest BCUT2D eigenvalue weighted by Crippen LogP contribution is 1.92. The molecule has 0 aliphatic rings. The predicted octanol–water partition coefficient (Wildman–Crippen LogP) is -2.44. The van der Waals surface area contributed by atoms with Gasteiger partial charge < -0.3 is 25.2 Å². The van der Waals surface area contributed by atoms with E-state index >= 15 is 0 Å². The number of carboxylic acids is 2. The van der Waals surface area contributed by atoms with Crippen molar-refractivity contribution in [3.8, 4) is 0 Å². The van der Waals surface area contributed by atoms with E-state index in [4.69, 9.17) is 20.4 Å². The van der Waals surface area contributed by atoms with Gasteiger partial charge in [0.15, 0.2) is 0 Å². The fourth-order valence-electron chi connectivity index (χ4n) is 1.42. The number of carbonyl (C=O) groups excluding carboxylic acids is 1. The van der Waals surface area contributed by atoms with Crippen LogP contribution >= 0.6 is 0 Å². The lowest BCUT2D eigenvalue weighted by molar-refractivity contribution is -0.141. The number of aliphatic carboxylic acids is 2. The van der Waals surface area contributed by atoms with E-state index in [9.17, 15) is 14.4 Å². The van der Waals surface area contributed by atoms with Crippen LogP contribution in [0.4, 0.5) is 0 Å². The summed E-state index contributed by atoms with van der Waals surface area (Å²) in [4.78, 5) is 34.3. The van der Waals surface area contributed by atoms with Crippen molar-refractivity contribution >= 4 is 18.2 Å². The van der Waals surface area contributed by atoms with Gasteiger partial charge in [0.05, 0.1) is 26.2 Å². The third kappa shape index (κ3) is 12.9. The Morgan fingerprint density at radius 2 is 1.40 bits per heavy atom. The quantitative estimate of drug-likeness (QED) is 0.306. The Kier molecular flexibility index (Phi) is 14.4. The molecule has 0 rings (SSSR count). The van der Waals surface area contributed by atoms with Crippen LogP contribution in [-0.4, -0.2) is 101 Å². The Balaban J connectivity index is 0. The van der Waals surface area contributed by atoms with Crippen molar-refractivity contribution in [2.45, 2.75) is 0 Å². The van der Waals surface area contributed by atoms with E-state index in [1.54, 1.807) is 4.90 Å². The number of rotatable bonds is 11. The van der Waals surface area contributed by atoms with Gasteiger partial charge in [-0.3, -0.25) is 19.4 Å². The first-order valence-electron chi connectivity index (χ1n) is 5.87. The molecule has 9 nitrogen and oxygen atoms in total. The molecule has 9 heteroatoms. The van der Waals surface area contributed by atoms with E-state index in [-0.39, 0.29) is 39.3 Å². The molecule has 0 bridgehead atoms. The number of hydrogen-bond donors (Lipinski definition) is 4. The Morgan fingerprint density at radius 1 is 0.950 bits per heavy atom. The molecule has 0 radical (unpaired) electrons. The maximum absolute atomic E-state index is 10.5. The highest BCUT2D eigenvalue weighted by Gasteiger charge is 2.14. The fraction of sp³-hybridized carbons (Fsp3) is 0.727. The number of aliphatic hydroxyl groups excluding tert-OH is 2. The van der Waals surface area contributed by atoms with E-state index in [0.717, 1.165) is 7.11 Å². The molecule has 0 amide bonds. The van der Waals surface area contributed by atoms with Gasteiger partial charge in [-0.2, -0.15) is 0 Å². The first-order valence-corrected chi connectivity index (χ1v) is 5.87. The second-order valence-corrected chi connectivity index (χ2v) is 3.69. The van der Waals surface area contributed by atoms with Crippen LogP contribution in [0.2, 0.25) is 0 Å². The van der Waals surface area contributed by atoms with Crippen molar-refractivity contribution in [2.24, 2.45) is 0 Å². The molecule has 0 aliphatic carbocycles. The van der Waals surface area contributed by atoms with E-state index in [1.807, 2.05) is 0 Å². The van der Waals surface area contributed by atoms with Crippen molar-refractivity contribution < 1.29 is 34.8 Å². The zero-order valence-corrected chi connectivity index (χ0v) is 11.4. The van der Waals surface area contributed by atoms with Crippen LogP contribution in [0, 0.1) is 0 Å². The van der Waals surface area contributed by atoms with Gasteiger partial charge in [-0.15, -0.1) is 0 Å². The third-order valence-electron chi connectivity index (χ3n) is 2.20. The number of nitrogens with zero attached hydrogens (tertiary/aromatic N) is 2. The lowest BCUT2D eigenvalue weighted by Gasteiger charge is -2.23. The minimum atomic E-state index is -1.11. The second-order valence-electron chi connectivity index (χ2n) is 3.69. The number of hydrogen-bond acceptors (Lipinski definition) is 7. The van der Waals surface area contributed by atoms with Gasteiger partial charge in [-0.1, -0.05) is 0 Å². The highest BCUT2D eigenvalue weighted by molar-refractivity contribution is 5.72. The molecule has 0 aromatic heterocycles. The van der Waals surface area contributed by atoms with Gasteiger partial charge in [0.25, 0.3) is 0 Å². The largest absolute Gasteiger partial charge is 0.480 e. The maximum Gasteiger partial charge on any atom is 0.317 e. The summed E-state index contributed by atoms with van der Waals surface area (Å²) in [6.45, 7) is 0.0555. The molecule has 0 fully saturated rings. The van der Waals surface area contributed by atoms with Crippen molar-refractivity contribution in [3.05, 3.63) is 0 Å². The fourth-order valence-corrected chi connectivity index (χ4v) is 1.42. The van der Waals surface area contributed by atoms with E-state index in [0.29, 0.717) is 12.8 Å². The van der Waals surface area contributed by atoms with E-state index < -0.39 is 11.9 Å². The molecule has 4 N–H and O–H groups in total.